The second kappa shape index (κ2) is 7.21. The molecule has 0 radical (unpaired) electrons. The summed E-state index contributed by atoms with van der Waals surface area (Å²) in [4.78, 5) is 24.9. The summed E-state index contributed by atoms with van der Waals surface area (Å²) in [5.74, 6) is -0.358. The standard InChI is InChI=1S/C19H18BrN3O3/c1-10-5-3-4-6-14(10)22-18(25)16-11(2)21-19(26)23-17(16)13-9-12(20)7-8-15(13)24/h3-9,17,24H,1-2H3,(H,22,25)(H2,21,23,26)/t17-/m0/s1. The van der Waals surface area contributed by atoms with Gasteiger partial charge in [0.2, 0.25) is 0 Å². The van der Waals surface area contributed by atoms with Crippen LogP contribution in [0.2, 0.25) is 0 Å². The predicted octanol–water partition coefficient (Wildman–Crippen LogP) is 3.73. The number of anilines is 1. The molecule has 1 aliphatic rings. The zero-order valence-corrected chi connectivity index (χ0v) is 15.8. The minimum atomic E-state index is -0.773. The van der Waals surface area contributed by atoms with Crippen LogP contribution in [0.25, 0.3) is 0 Å². The molecule has 134 valence electrons. The molecule has 0 aliphatic carbocycles. The topological polar surface area (TPSA) is 90.5 Å². The SMILES string of the molecule is CC1=C(C(=O)Nc2ccccc2C)[C@H](c2cc(Br)ccc2O)NC(=O)N1. The average Bonchev–Trinajstić information content (AvgIpc) is 2.58. The van der Waals surface area contributed by atoms with Gasteiger partial charge in [0, 0.05) is 21.4 Å². The first-order valence-corrected chi connectivity index (χ1v) is 8.80. The highest BCUT2D eigenvalue weighted by Crippen LogP contribution is 2.34. The largest absolute Gasteiger partial charge is 0.508 e. The molecule has 0 bridgehead atoms. The van der Waals surface area contributed by atoms with Crippen LogP contribution < -0.4 is 16.0 Å². The van der Waals surface area contributed by atoms with Gasteiger partial charge in [0.25, 0.3) is 5.91 Å². The van der Waals surface area contributed by atoms with E-state index in [0.29, 0.717) is 22.5 Å². The van der Waals surface area contributed by atoms with Gasteiger partial charge in [-0.1, -0.05) is 34.1 Å². The number of carbonyl (C=O) groups is 2. The fourth-order valence-electron chi connectivity index (χ4n) is 2.89. The van der Waals surface area contributed by atoms with Crippen molar-refractivity contribution >= 4 is 33.6 Å². The lowest BCUT2D eigenvalue weighted by Gasteiger charge is -2.29. The van der Waals surface area contributed by atoms with E-state index in [1.165, 1.54) is 6.07 Å². The zero-order chi connectivity index (χ0) is 18.8. The summed E-state index contributed by atoms with van der Waals surface area (Å²) in [5.41, 5.74) is 2.81. The minimum absolute atomic E-state index is 0.00519. The first kappa shape index (κ1) is 18.0. The van der Waals surface area contributed by atoms with Gasteiger partial charge in [-0.05, 0) is 43.7 Å². The zero-order valence-electron chi connectivity index (χ0n) is 14.3. The number of hydrogen-bond acceptors (Lipinski definition) is 3. The van der Waals surface area contributed by atoms with Crippen molar-refractivity contribution in [2.75, 3.05) is 5.32 Å². The Balaban J connectivity index is 2.02. The number of halogens is 1. The van der Waals surface area contributed by atoms with Gasteiger partial charge < -0.3 is 21.1 Å². The number of allylic oxidation sites excluding steroid dienone is 1. The third kappa shape index (κ3) is 3.57. The molecule has 0 unspecified atom stereocenters. The summed E-state index contributed by atoms with van der Waals surface area (Å²) < 4.78 is 0.731. The highest BCUT2D eigenvalue weighted by molar-refractivity contribution is 9.10. The molecule has 1 heterocycles. The Labute approximate surface area is 159 Å². The lowest BCUT2D eigenvalue weighted by Crippen LogP contribution is -2.46. The molecular weight excluding hydrogens is 398 g/mol. The summed E-state index contributed by atoms with van der Waals surface area (Å²) in [6.07, 6.45) is 0. The van der Waals surface area contributed by atoms with E-state index in [0.717, 1.165) is 10.0 Å². The number of benzene rings is 2. The molecule has 1 aliphatic heterocycles. The number of rotatable bonds is 3. The number of phenolic OH excluding ortho intramolecular Hbond substituents is 1. The Morgan fingerprint density at radius 2 is 1.92 bits per heavy atom. The summed E-state index contributed by atoms with van der Waals surface area (Å²) in [6.45, 7) is 3.56. The molecule has 7 heteroatoms. The number of para-hydroxylation sites is 1. The number of carbonyl (C=O) groups excluding carboxylic acids is 2. The van der Waals surface area contributed by atoms with Crippen LogP contribution >= 0.6 is 15.9 Å². The molecule has 0 spiro atoms. The van der Waals surface area contributed by atoms with E-state index in [2.05, 4.69) is 31.9 Å². The molecule has 0 fully saturated rings. The van der Waals surface area contributed by atoms with Crippen LogP contribution in [0.5, 0.6) is 5.75 Å². The van der Waals surface area contributed by atoms with E-state index in [9.17, 15) is 14.7 Å². The molecular formula is C19H18BrN3O3. The summed E-state index contributed by atoms with van der Waals surface area (Å²) in [5, 5.41) is 18.5. The summed E-state index contributed by atoms with van der Waals surface area (Å²) in [6, 6.07) is 11.1. The quantitative estimate of drug-likeness (QED) is 0.615. The first-order chi connectivity index (χ1) is 12.4. The number of aromatic hydroxyl groups is 1. The molecule has 3 amide bonds. The van der Waals surface area contributed by atoms with E-state index < -0.39 is 12.1 Å². The van der Waals surface area contributed by atoms with E-state index in [1.807, 2.05) is 31.2 Å². The lowest BCUT2D eigenvalue weighted by molar-refractivity contribution is -0.113. The van der Waals surface area contributed by atoms with E-state index >= 15 is 0 Å². The van der Waals surface area contributed by atoms with Gasteiger partial charge in [0.1, 0.15) is 5.75 Å². The van der Waals surface area contributed by atoms with Crippen LogP contribution in [0.1, 0.15) is 24.1 Å². The van der Waals surface area contributed by atoms with Crippen molar-refractivity contribution in [3.05, 3.63) is 69.3 Å². The van der Waals surface area contributed by atoms with Crippen molar-refractivity contribution < 1.29 is 14.7 Å². The van der Waals surface area contributed by atoms with Crippen LogP contribution in [0.15, 0.2) is 58.2 Å². The summed E-state index contributed by atoms with van der Waals surface area (Å²) >= 11 is 3.36. The molecule has 2 aromatic carbocycles. The Bertz CT molecular complexity index is 924. The monoisotopic (exact) mass is 415 g/mol. The van der Waals surface area contributed by atoms with Crippen molar-refractivity contribution in [1.29, 1.82) is 0 Å². The van der Waals surface area contributed by atoms with Gasteiger partial charge >= 0.3 is 6.03 Å². The Morgan fingerprint density at radius 1 is 1.19 bits per heavy atom. The van der Waals surface area contributed by atoms with Crippen molar-refractivity contribution in [3.8, 4) is 5.75 Å². The summed E-state index contributed by atoms with van der Waals surface area (Å²) in [7, 11) is 0. The van der Waals surface area contributed by atoms with Crippen LogP contribution in [-0.4, -0.2) is 17.0 Å². The molecule has 26 heavy (non-hydrogen) atoms. The molecule has 2 aromatic rings. The van der Waals surface area contributed by atoms with Crippen LogP contribution in [-0.2, 0) is 4.79 Å². The molecule has 4 N–H and O–H groups in total. The van der Waals surface area contributed by atoms with Crippen LogP contribution in [0.4, 0.5) is 10.5 Å². The maximum Gasteiger partial charge on any atom is 0.319 e. The van der Waals surface area contributed by atoms with Gasteiger partial charge in [0.15, 0.2) is 0 Å². The Kier molecular flexibility index (Phi) is 4.99. The molecule has 1 atom stereocenters. The number of aryl methyl sites for hydroxylation is 1. The van der Waals surface area contributed by atoms with Crippen molar-refractivity contribution in [2.24, 2.45) is 0 Å². The molecule has 0 saturated carbocycles. The maximum atomic E-state index is 13.0. The Hall–Kier alpha value is -2.80. The van der Waals surface area contributed by atoms with E-state index in [-0.39, 0.29) is 11.7 Å². The number of hydrogen-bond donors (Lipinski definition) is 4. The highest BCUT2D eigenvalue weighted by Gasteiger charge is 2.33. The number of nitrogens with one attached hydrogen (secondary N) is 3. The second-order valence-electron chi connectivity index (χ2n) is 6.04. The van der Waals surface area contributed by atoms with Crippen molar-refractivity contribution in [2.45, 2.75) is 19.9 Å². The van der Waals surface area contributed by atoms with Gasteiger partial charge in [-0.25, -0.2) is 4.79 Å². The molecule has 3 rings (SSSR count). The predicted molar refractivity (Wildman–Crippen MR) is 103 cm³/mol. The fraction of sp³-hybridized carbons (Fsp3) is 0.158. The third-order valence-electron chi connectivity index (χ3n) is 4.21. The van der Waals surface area contributed by atoms with E-state index in [1.54, 1.807) is 19.1 Å². The van der Waals surface area contributed by atoms with Crippen LogP contribution in [0, 0.1) is 6.92 Å². The maximum absolute atomic E-state index is 13.0. The fourth-order valence-corrected chi connectivity index (χ4v) is 3.27. The normalized spacial score (nSPS) is 16.7. The minimum Gasteiger partial charge on any atom is -0.508 e. The van der Waals surface area contributed by atoms with Gasteiger partial charge in [-0.3, -0.25) is 4.79 Å². The third-order valence-corrected chi connectivity index (χ3v) is 4.70. The number of urea groups is 1. The van der Waals surface area contributed by atoms with Crippen LogP contribution in [0.3, 0.4) is 0 Å². The number of amides is 3. The van der Waals surface area contributed by atoms with Gasteiger partial charge in [-0.2, -0.15) is 0 Å². The van der Waals surface area contributed by atoms with Gasteiger partial charge in [-0.15, -0.1) is 0 Å². The molecule has 0 saturated heterocycles. The average molecular weight is 416 g/mol. The lowest BCUT2D eigenvalue weighted by atomic mass is 9.94. The first-order valence-electron chi connectivity index (χ1n) is 8.00. The van der Waals surface area contributed by atoms with Crippen molar-refractivity contribution in [3.63, 3.8) is 0 Å². The Morgan fingerprint density at radius 3 is 2.65 bits per heavy atom. The molecule has 0 aromatic heterocycles. The smallest absolute Gasteiger partial charge is 0.319 e. The highest BCUT2D eigenvalue weighted by atomic mass is 79.9. The second-order valence-corrected chi connectivity index (χ2v) is 6.96. The number of phenols is 1. The van der Waals surface area contributed by atoms with E-state index in [4.69, 9.17) is 0 Å². The van der Waals surface area contributed by atoms with Crippen molar-refractivity contribution in [1.82, 2.24) is 10.6 Å². The molecule has 6 nitrogen and oxygen atoms in total. The van der Waals surface area contributed by atoms with Gasteiger partial charge in [0.05, 0.1) is 11.6 Å².